The van der Waals surface area contributed by atoms with Crippen molar-refractivity contribution < 1.29 is 14.3 Å². The first-order valence-electron chi connectivity index (χ1n) is 6.78. The van der Waals surface area contributed by atoms with Crippen LogP contribution in [0.5, 0.6) is 11.5 Å². The van der Waals surface area contributed by atoms with Crippen molar-refractivity contribution in [1.82, 2.24) is 4.98 Å². The van der Waals surface area contributed by atoms with Crippen molar-refractivity contribution >= 4 is 16.9 Å². The molecule has 0 radical (unpaired) electrons. The van der Waals surface area contributed by atoms with Crippen molar-refractivity contribution in [3.8, 4) is 11.5 Å². The highest BCUT2D eigenvalue weighted by molar-refractivity contribution is 5.89. The monoisotopic (exact) mass is 281 g/mol. The van der Waals surface area contributed by atoms with E-state index < -0.39 is 0 Å². The molecule has 0 atom stereocenters. The van der Waals surface area contributed by atoms with Gasteiger partial charge < -0.3 is 14.5 Å². The van der Waals surface area contributed by atoms with Crippen molar-refractivity contribution in [2.75, 3.05) is 6.61 Å². The second-order valence-corrected chi connectivity index (χ2v) is 4.58. The Morgan fingerprint density at radius 2 is 1.95 bits per heavy atom. The predicted octanol–water partition coefficient (Wildman–Crippen LogP) is 4.14. The first kappa shape index (κ1) is 13.2. The van der Waals surface area contributed by atoms with Gasteiger partial charge in [0.05, 0.1) is 12.2 Å². The van der Waals surface area contributed by atoms with Gasteiger partial charge in [-0.05, 0) is 49.4 Å². The van der Waals surface area contributed by atoms with Crippen molar-refractivity contribution in [2.24, 2.45) is 0 Å². The number of carbonyl (C=O) groups excluding carboxylic acids is 1. The SMILES string of the molecule is CCOC(=O)c1cccc(Oc2ccc3[nH]ccc3c2)c1. The van der Waals surface area contributed by atoms with Gasteiger partial charge in [-0.3, -0.25) is 0 Å². The number of nitrogens with one attached hydrogen (secondary N) is 1. The van der Waals surface area contributed by atoms with E-state index in [1.165, 1.54) is 0 Å². The summed E-state index contributed by atoms with van der Waals surface area (Å²) in [6, 6.07) is 14.7. The van der Waals surface area contributed by atoms with Gasteiger partial charge in [-0.2, -0.15) is 0 Å². The zero-order valence-electron chi connectivity index (χ0n) is 11.6. The number of benzene rings is 2. The Balaban J connectivity index is 1.83. The molecule has 3 aromatic rings. The van der Waals surface area contributed by atoms with Crippen LogP contribution in [0.25, 0.3) is 10.9 Å². The van der Waals surface area contributed by atoms with Crippen LogP contribution < -0.4 is 4.74 Å². The number of hydrogen-bond acceptors (Lipinski definition) is 3. The average molecular weight is 281 g/mol. The minimum atomic E-state index is -0.343. The average Bonchev–Trinajstić information content (AvgIpc) is 2.95. The number of rotatable bonds is 4. The van der Waals surface area contributed by atoms with E-state index in [4.69, 9.17) is 9.47 Å². The molecule has 21 heavy (non-hydrogen) atoms. The van der Waals surface area contributed by atoms with Gasteiger partial charge in [-0.1, -0.05) is 6.07 Å². The van der Waals surface area contributed by atoms with Gasteiger partial charge in [-0.15, -0.1) is 0 Å². The Kier molecular flexibility index (Phi) is 3.60. The summed E-state index contributed by atoms with van der Waals surface area (Å²) in [4.78, 5) is 14.8. The van der Waals surface area contributed by atoms with E-state index in [1.54, 1.807) is 25.1 Å². The molecule has 0 spiro atoms. The molecular weight excluding hydrogens is 266 g/mol. The molecule has 4 nitrogen and oxygen atoms in total. The lowest BCUT2D eigenvalue weighted by Crippen LogP contribution is -2.04. The number of fused-ring (bicyclic) bond motifs is 1. The molecule has 0 saturated heterocycles. The third-order valence-electron chi connectivity index (χ3n) is 3.11. The van der Waals surface area contributed by atoms with Crippen LogP contribution in [0, 0.1) is 0 Å². The molecule has 0 fully saturated rings. The molecule has 4 heteroatoms. The number of hydrogen-bond donors (Lipinski definition) is 1. The first-order valence-corrected chi connectivity index (χ1v) is 6.78. The summed E-state index contributed by atoms with van der Waals surface area (Å²) in [5, 5.41) is 1.08. The van der Waals surface area contributed by atoms with Crippen molar-refractivity contribution in [2.45, 2.75) is 6.92 Å². The fourth-order valence-electron chi connectivity index (χ4n) is 2.13. The quantitative estimate of drug-likeness (QED) is 0.731. The summed E-state index contributed by atoms with van der Waals surface area (Å²) in [5.41, 5.74) is 1.54. The molecule has 0 aliphatic carbocycles. The van der Waals surface area contributed by atoms with Gasteiger partial charge in [0, 0.05) is 17.1 Å². The molecular formula is C17H15NO3. The minimum Gasteiger partial charge on any atom is -0.462 e. The van der Waals surface area contributed by atoms with Gasteiger partial charge in [0.15, 0.2) is 0 Å². The number of esters is 1. The summed E-state index contributed by atoms with van der Waals surface area (Å²) in [5.74, 6) is 0.989. The zero-order valence-corrected chi connectivity index (χ0v) is 11.6. The van der Waals surface area contributed by atoms with Crippen LogP contribution in [0.3, 0.4) is 0 Å². The van der Waals surface area contributed by atoms with Gasteiger partial charge >= 0.3 is 5.97 Å². The van der Waals surface area contributed by atoms with E-state index in [0.717, 1.165) is 16.7 Å². The van der Waals surface area contributed by atoms with Crippen LogP contribution in [-0.2, 0) is 4.74 Å². The molecule has 0 bridgehead atoms. The predicted molar refractivity (Wildman–Crippen MR) is 80.8 cm³/mol. The maximum Gasteiger partial charge on any atom is 0.338 e. The lowest BCUT2D eigenvalue weighted by molar-refractivity contribution is 0.0526. The number of aromatic amines is 1. The summed E-state index contributed by atoms with van der Waals surface area (Å²) < 4.78 is 10.8. The minimum absolute atomic E-state index is 0.343. The zero-order chi connectivity index (χ0) is 14.7. The van der Waals surface area contributed by atoms with Crippen molar-refractivity contribution in [1.29, 1.82) is 0 Å². The summed E-state index contributed by atoms with van der Waals surface area (Å²) in [6.07, 6.45) is 1.88. The van der Waals surface area contributed by atoms with Gasteiger partial charge in [-0.25, -0.2) is 4.79 Å². The Morgan fingerprint density at radius 3 is 2.81 bits per heavy atom. The van der Waals surface area contributed by atoms with E-state index in [0.29, 0.717) is 17.9 Å². The van der Waals surface area contributed by atoms with Crippen molar-refractivity contribution in [3.05, 3.63) is 60.3 Å². The van der Waals surface area contributed by atoms with Crippen LogP contribution in [-0.4, -0.2) is 17.6 Å². The second kappa shape index (κ2) is 5.71. The number of ether oxygens (including phenoxy) is 2. The molecule has 0 saturated carbocycles. The molecule has 3 rings (SSSR count). The van der Waals surface area contributed by atoms with Gasteiger partial charge in [0.2, 0.25) is 0 Å². The molecule has 0 aliphatic heterocycles. The second-order valence-electron chi connectivity index (χ2n) is 4.58. The topological polar surface area (TPSA) is 51.3 Å². The Labute approximate surface area is 122 Å². The molecule has 1 aromatic heterocycles. The fraction of sp³-hybridized carbons (Fsp3) is 0.118. The van der Waals surface area contributed by atoms with Crippen LogP contribution in [0.4, 0.5) is 0 Å². The Bertz CT molecular complexity index is 776. The van der Waals surface area contributed by atoms with Crippen molar-refractivity contribution in [3.63, 3.8) is 0 Å². The first-order chi connectivity index (χ1) is 10.3. The molecule has 0 amide bonds. The standard InChI is InChI=1S/C17H15NO3/c1-2-20-17(19)13-4-3-5-14(11-13)21-15-6-7-16-12(10-15)8-9-18-16/h3-11,18H,2H2,1H3. The molecule has 1 heterocycles. The normalized spacial score (nSPS) is 10.5. The largest absolute Gasteiger partial charge is 0.462 e. The lowest BCUT2D eigenvalue weighted by atomic mass is 10.2. The summed E-state index contributed by atoms with van der Waals surface area (Å²) >= 11 is 0. The van der Waals surface area contributed by atoms with Crippen LogP contribution in [0.2, 0.25) is 0 Å². The maximum absolute atomic E-state index is 11.7. The third kappa shape index (κ3) is 2.89. The van der Waals surface area contributed by atoms with Gasteiger partial charge in [0.1, 0.15) is 11.5 Å². The smallest absolute Gasteiger partial charge is 0.338 e. The summed E-state index contributed by atoms with van der Waals surface area (Å²) in [7, 11) is 0. The molecule has 2 aromatic carbocycles. The van der Waals surface area contributed by atoms with E-state index in [-0.39, 0.29) is 5.97 Å². The van der Waals surface area contributed by atoms with Crippen LogP contribution in [0.1, 0.15) is 17.3 Å². The van der Waals surface area contributed by atoms with E-state index in [1.807, 2.05) is 36.5 Å². The molecule has 0 unspecified atom stereocenters. The fourth-order valence-corrected chi connectivity index (χ4v) is 2.13. The highest BCUT2D eigenvalue weighted by Crippen LogP contribution is 2.25. The Hall–Kier alpha value is -2.75. The maximum atomic E-state index is 11.7. The van der Waals surface area contributed by atoms with Crippen LogP contribution >= 0.6 is 0 Å². The third-order valence-corrected chi connectivity index (χ3v) is 3.11. The lowest BCUT2D eigenvalue weighted by Gasteiger charge is -2.07. The molecule has 106 valence electrons. The van der Waals surface area contributed by atoms with E-state index >= 15 is 0 Å². The molecule has 0 aliphatic rings. The number of carbonyl (C=O) groups is 1. The number of H-pyrrole nitrogens is 1. The number of aromatic nitrogens is 1. The molecule has 1 N–H and O–H groups in total. The highest BCUT2D eigenvalue weighted by Gasteiger charge is 2.08. The van der Waals surface area contributed by atoms with Gasteiger partial charge in [0.25, 0.3) is 0 Å². The van der Waals surface area contributed by atoms with E-state index in [2.05, 4.69) is 4.98 Å². The Morgan fingerprint density at radius 1 is 1.10 bits per heavy atom. The van der Waals surface area contributed by atoms with E-state index in [9.17, 15) is 4.79 Å². The highest BCUT2D eigenvalue weighted by atomic mass is 16.5. The summed E-state index contributed by atoms with van der Waals surface area (Å²) in [6.45, 7) is 2.14. The van der Waals surface area contributed by atoms with Crippen LogP contribution in [0.15, 0.2) is 54.7 Å².